The van der Waals surface area contributed by atoms with Gasteiger partial charge in [0.05, 0.1) is 5.92 Å². The van der Waals surface area contributed by atoms with Crippen molar-refractivity contribution in [2.45, 2.75) is 44.9 Å². The number of rotatable bonds is 8. The maximum absolute atomic E-state index is 11.3. The number of unbranched alkanes of at least 4 members (excludes halogenated alkanes) is 3. The van der Waals surface area contributed by atoms with Crippen LogP contribution in [0.25, 0.3) is 0 Å². The summed E-state index contributed by atoms with van der Waals surface area (Å²) in [6.07, 6.45) is 4.32. The van der Waals surface area contributed by atoms with Crippen LogP contribution in [0.3, 0.4) is 0 Å². The summed E-state index contributed by atoms with van der Waals surface area (Å²) in [7, 11) is 0. The van der Waals surface area contributed by atoms with Crippen LogP contribution in [0.4, 0.5) is 0 Å². The van der Waals surface area contributed by atoms with Crippen molar-refractivity contribution in [3.8, 4) is 0 Å². The maximum Gasteiger partial charge on any atom is 0.310 e. The summed E-state index contributed by atoms with van der Waals surface area (Å²) >= 11 is 0. The lowest BCUT2D eigenvalue weighted by Crippen LogP contribution is -2.11. The van der Waals surface area contributed by atoms with Gasteiger partial charge in [0.25, 0.3) is 0 Å². The Morgan fingerprint density at radius 2 is 1.72 bits per heavy atom. The van der Waals surface area contributed by atoms with Gasteiger partial charge in [-0.25, -0.2) is 0 Å². The SMILES string of the molecule is Cc1ccc(C(CCCCCCO)C(=O)O)cc1. The lowest BCUT2D eigenvalue weighted by Gasteiger charge is -2.12. The molecule has 0 bridgehead atoms. The third kappa shape index (κ3) is 4.88. The number of carboxylic acids is 1. The second-order valence-electron chi connectivity index (χ2n) is 4.73. The van der Waals surface area contributed by atoms with Crippen molar-refractivity contribution in [1.29, 1.82) is 0 Å². The van der Waals surface area contributed by atoms with Gasteiger partial charge in [-0.2, -0.15) is 0 Å². The van der Waals surface area contributed by atoms with E-state index in [9.17, 15) is 9.90 Å². The molecule has 18 heavy (non-hydrogen) atoms. The highest BCUT2D eigenvalue weighted by Gasteiger charge is 2.18. The highest BCUT2D eigenvalue weighted by Crippen LogP contribution is 2.23. The minimum atomic E-state index is -0.749. The standard InChI is InChI=1S/C15H22O3/c1-12-7-9-13(10-8-12)14(15(17)18)6-4-2-3-5-11-16/h7-10,14,16H,2-6,11H2,1H3,(H,17,18). The zero-order valence-corrected chi connectivity index (χ0v) is 10.9. The topological polar surface area (TPSA) is 57.5 Å². The molecule has 3 heteroatoms. The summed E-state index contributed by atoms with van der Waals surface area (Å²) < 4.78 is 0. The molecule has 3 nitrogen and oxygen atoms in total. The predicted octanol–water partition coefficient (Wildman–Crippen LogP) is 3.11. The van der Waals surface area contributed by atoms with E-state index in [1.54, 1.807) is 0 Å². The number of hydrogen-bond donors (Lipinski definition) is 2. The van der Waals surface area contributed by atoms with Crippen molar-refractivity contribution in [1.82, 2.24) is 0 Å². The van der Waals surface area contributed by atoms with Crippen molar-refractivity contribution >= 4 is 5.97 Å². The molecule has 2 N–H and O–H groups in total. The molecule has 0 saturated heterocycles. The van der Waals surface area contributed by atoms with Gasteiger partial charge >= 0.3 is 5.97 Å². The minimum absolute atomic E-state index is 0.223. The molecule has 0 heterocycles. The van der Waals surface area contributed by atoms with E-state index in [1.807, 2.05) is 31.2 Å². The average molecular weight is 250 g/mol. The summed E-state index contributed by atoms with van der Waals surface area (Å²) in [6.45, 7) is 2.22. The van der Waals surface area contributed by atoms with Crippen molar-refractivity contribution in [2.24, 2.45) is 0 Å². The Hall–Kier alpha value is -1.35. The summed E-state index contributed by atoms with van der Waals surface area (Å²) in [4.78, 5) is 11.3. The van der Waals surface area contributed by atoms with Gasteiger partial charge < -0.3 is 10.2 Å². The van der Waals surface area contributed by atoms with E-state index >= 15 is 0 Å². The van der Waals surface area contributed by atoms with E-state index in [0.717, 1.165) is 36.8 Å². The number of aliphatic hydroxyl groups excluding tert-OH is 1. The van der Waals surface area contributed by atoms with Crippen LogP contribution in [0, 0.1) is 6.92 Å². The maximum atomic E-state index is 11.3. The Morgan fingerprint density at radius 1 is 1.11 bits per heavy atom. The first-order chi connectivity index (χ1) is 8.65. The van der Waals surface area contributed by atoms with Crippen molar-refractivity contribution in [2.75, 3.05) is 6.61 Å². The molecule has 1 atom stereocenters. The fourth-order valence-corrected chi connectivity index (χ4v) is 2.05. The molecule has 1 aromatic carbocycles. The number of aliphatic hydroxyl groups is 1. The molecule has 0 radical (unpaired) electrons. The lowest BCUT2D eigenvalue weighted by molar-refractivity contribution is -0.139. The van der Waals surface area contributed by atoms with Crippen LogP contribution in [0.5, 0.6) is 0 Å². The molecule has 0 aliphatic carbocycles. The van der Waals surface area contributed by atoms with E-state index in [2.05, 4.69) is 0 Å². The van der Waals surface area contributed by atoms with E-state index in [-0.39, 0.29) is 6.61 Å². The van der Waals surface area contributed by atoms with Crippen LogP contribution in [0.1, 0.15) is 49.1 Å². The number of carboxylic acid groups (broad SMARTS) is 1. The first-order valence-electron chi connectivity index (χ1n) is 6.55. The number of carbonyl (C=O) groups is 1. The molecule has 0 fully saturated rings. The van der Waals surface area contributed by atoms with Crippen molar-refractivity contribution < 1.29 is 15.0 Å². The van der Waals surface area contributed by atoms with E-state index < -0.39 is 11.9 Å². The fraction of sp³-hybridized carbons (Fsp3) is 0.533. The number of aliphatic carboxylic acids is 1. The van der Waals surface area contributed by atoms with E-state index in [0.29, 0.717) is 6.42 Å². The second-order valence-corrected chi connectivity index (χ2v) is 4.73. The zero-order valence-electron chi connectivity index (χ0n) is 10.9. The van der Waals surface area contributed by atoms with Crippen LogP contribution >= 0.6 is 0 Å². The van der Waals surface area contributed by atoms with Crippen molar-refractivity contribution in [3.63, 3.8) is 0 Å². The molecule has 0 spiro atoms. The monoisotopic (exact) mass is 250 g/mol. The summed E-state index contributed by atoms with van der Waals surface area (Å²) in [6, 6.07) is 7.72. The zero-order chi connectivity index (χ0) is 13.4. The van der Waals surface area contributed by atoms with Crippen LogP contribution in [0.15, 0.2) is 24.3 Å². The van der Waals surface area contributed by atoms with Gasteiger partial charge in [0, 0.05) is 6.61 Å². The predicted molar refractivity (Wildman–Crippen MR) is 71.7 cm³/mol. The van der Waals surface area contributed by atoms with Gasteiger partial charge in [0.15, 0.2) is 0 Å². The van der Waals surface area contributed by atoms with Gasteiger partial charge in [0.2, 0.25) is 0 Å². The van der Waals surface area contributed by atoms with Crippen LogP contribution in [-0.4, -0.2) is 22.8 Å². The van der Waals surface area contributed by atoms with Gasteiger partial charge in [-0.1, -0.05) is 49.1 Å². The Labute approximate surface area is 108 Å². The van der Waals surface area contributed by atoms with Crippen molar-refractivity contribution in [3.05, 3.63) is 35.4 Å². The highest BCUT2D eigenvalue weighted by molar-refractivity contribution is 5.76. The van der Waals surface area contributed by atoms with Gasteiger partial charge in [0.1, 0.15) is 0 Å². The third-order valence-corrected chi connectivity index (χ3v) is 3.18. The average Bonchev–Trinajstić information content (AvgIpc) is 2.35. The summed E-state index contributed by atoms with van der Waals surface area (Å²) in [5.41, 5.74) is 2.03. The van der Waals surface area contributed by atoms with E-state index in [4.69, 9.17) is 5.11 Å². The van der Waals surface area contributed by atoms with Gasteiger partial charge in [-0.05, 0) is 25.3 Å². The molecule has 100 valence electrons. The quantitative estimate of drug-likeness (QED) is 0.697. The fourth-order valence-electron chi connectivity index (χ4n) is 2.05. The summed E-state index contributed by atoms with van der Waals surface area (Å²) in [5, 5.41) is 17.9. The van der Waals surface area contributed by atoms with Crippen LogP contribution in [0.2, 0.25) is 0 Å². The Kier molecular flexibility index (Phi) is 6.44. The molecule has 0 amide bonds. The largest absolute Gasteiger partial charge is 0.481 e. The normalized spacial score (nSPS) is 12.3. The molecule has 1 unspecified atom stereocenters. The molecule has 0 aromatic heterocycles. The first kappa shape index (κ1) is 14.7. The Balaban J connectivity index is 2.50. The Morgan fingerprint density at radius 3 is 2.28 bits per heavy atom. The molecule has 0 saturated carbocycles. The van der Waals surface area contributed by atoms with Crippen LogP contribution < -0.4 is 0 Å². The molecular formula is C15H22O3. The summed E-state index contributed by atoms with van der Waals surface area (Å²) in [5.74, 6) is -1.15. The molecular weight excluding hydrogens is 228 g/mol. The van der Waals surface area contributed by atoms with Crippen LogP contribution in [-0.2, 0) is 4.79 Å². The van der Waals surface area contributed by atoms with Gasteiger partial charge in [-0.3, -0.25) is 4.79 Å². The number of aryl methyl sites for hydroxylation is 1. The first-order valence-corrected chi connectivity index (χ1v) is 6.55. The smallest absolute Gasteiger partial charge is 0.310 e. The molecule has 0 aliphatic heterocycles. The Bertz CT molecular complexity index is 357. The second kappa shape index (κ2) is 7.88. The molecule has 0 aliphatic rings. The highest BCUT2D eigenvalue weighted by atomic mass is 16.4. The lowest BCUT2D eigenvalue weighted by atomic mass is 9.92. The minimum Gasteiger partial charge on any atom is -0.481 e. The number of hydrogen-bond acceptors (Lipinski definition) is 2. The van der Waals surface area contributed by atoms with E-state index in [1.165, 1.54) is 0 Å². The molecule has 1 aromatic rings. The number of benzene rings is 1. The molecule has 1 rings (SSSR count). The van der Waals surface area contributed by atoms with Gasteiger partial charge in [-0.15, -0.1) is 0 Å². The third-order valence-electron chi connectivity index (χ3n) is 3.18.